The average molecular weight is 303 g/mol. The number of benzene rings is 1. The van der Waals surface area contributed by atoms with Gasteiger partial charge in [-0.1, -0.05) is 25.1 Å². The lowest BCUT2D eigenvalue weighted by Gasteiger charge is -2.20. The Morgan fingerprint density at radius 2 is 1.95 bits per heavy atom. The third-order valence-corrected chi connectivity index (χ3v) is 3.44. The van der Waals surface area contributed by atoms with Crippen LogP contribution in [-0.2, 0) is 9.53 Å². The lowest BCUT2D eigenvalue weighted by molar-refractivity contribution is -0.143. The summed E-state index contributed by atoms with van der Waals surface area (Å²) in [7, 11) is 0. The molecule has 1 aromatic heterocycles. The largest absolute Gasteiger partial charge is 0.465 e. The van der Waals surface area contributed by atoms with Crippen LogP contribution in [0, 0.1) is 6.92 Å². The fourth-order valence-electron chi connectivity index (χ4n) is 2.41. The Balaban J connectivity index is 2.28. The van der Waals surface area contributed by atoms with Crippen molar-refractivity contribution in [3.05, 3.63) is 35.6 Å². The Morgan fingerprint density at radius 3 is 2.59 bits per heavy atom. The van der Waals surface area contributed by atoms with Gasteiger partial charge in [-0.15, -0.1) is 0 Å². The third kappa shape index (κ3) is 3.30. The van der Waals surface area contributed by atoms with Crippen molar-refractivity contribution in [2.24, 2.45) is 0 Å². The maximum absolute atomic E-state index is 12.7. The molecule has 0 saturated carbocycles. The van der Waals surface area contributed by atoms with E-state index in [1.807, 2.05) is 38.1 Å². The molecule has 1 aromatic carbocycles. The van der Waals surface area contributed by atoms with Crippen molar-refractivity contribution in [3.8, 4) is 0 Å². The van der Waals surface area contributed by atoms with E-state index in [4.69, 9.17) is 9.15 Å². The monoisotopic (exact) mass is 303 g/mol. The van der Waals surface area contributed by atoms with Gasteiger partial charge in [0.25, 0.3) is 5.91 Å². The number of fused-ring (bicyclic) bond motifs is 1. The first-order chi connectivity index (χ1) is 10.6. The number of ether oxygens (including phenoxy) is 1. The van der Waals surface area contributed by atoms with Crippen molar-refractivity contribution in [2.45, 2.75) is 27.2 Å². The highest BCUT2D eigenvalue weighted by Crippen LogP contribution is 2.26. The third-order valence-electron chi connectivity index (χ3n) is 3.44. The molecule has 118 valence electrons. The minimum atomic E-state index is -0.405. The number of aryl methyl sites for hydroxylation is 1. The molecule has 2 rings (SSSR count). The first-order valence-corrected chi connectivity index (χ1v) is 7.51. The molecule has 0 N–H and O–H groups in total. The number of rotatable bonds is 6. The van der Waals surface area contributed by atoms with Crippen LogP contribution >= 0.6 is 0 Å². The lowest BCUT2D eigenvalue weighted by Crippen LogP contribution is -2.37. The van der Waals surface area contributed by atoms with E-state index in [2.05, 4.69) is 0 Å². The smallest absolute Gasteiger partial charge is 0.325 e. The van der Waals surface area contributed by atoms with Gasteiger partial charge in [-0.25, -0.2) is 0 Å². The van der Waals surface area contributed by atoms with Gasteiger partial charge in [-0.05, 0) is 26.3 Å². The summed E-state index contributed by atoms with van der Waals surface area (Å²) in [5.41, 5.74) is 1.47. The molecule has 1 heterocycles. The zero-order valence-electron chi connectivity index (χ0n) is 13.2. The number of esters is 1. The fourth-order valence-corrected chi connectivity index (χ4v) is 2.41. The second kappa shape index (κ2) is 7.11. The summed E-state index contributed by atoms with van der Waals surface area (Å²) < 4.78 is 10.6. The van der Waals surface area contributed by atoms with Crippen LogP contribution in [0.3, 0.4) is 0 Å². The maximum Gasteiger partial charge on any atom is 0.325 e. The molecule has 0 aliphatic heterocycles. The molecule has 5 nitrogen and oxygen atoms in total. The van der Waals surface area contributed by atoms with Gasteiger partial charge < -0.3 is 14.1 Å². The minimum Gasteiger partial charge on any atom is -0.465 e. The predicted octanol–water partition coefficient (Wildman–Crippen LogP) is 3.16. The predicted molar refractivity (Wildman–Crippen MR) is 83.8 cm³/mol. The van der Waals surface area contributed by atoms with Crippen LogP contribution in [0.25, 0.3) is 11.0 Å². The number of carbonyl (C=O) groups is 2. The van der Waals surface area contributed by atoms with Crippen LogP contribution in [0.2, 0.25) is 0 Å². The lowest BCUT2D eigenvalue weighted by atomic mass is 10.1. The molecular formula is C17H21NO4. The Labute approximate surface area is 129 Å². The highest BCUT2D eigenvalue weighted by Gasteiger charge is 2.24. The molecule has 0 bridgehead atoms. The number of para-hydroxylation sites is 1. The molecule has 0 radical (unpaired) electrons. The molecule has 0 fully saturated rings. The van der Waals surface area contributed by atoms with Crippen LogP contribution in [0.1, 0.15) is 36.4 Å². The number of hydrogen-bond acceptors (Lipinski definition) is 4. The van der Waals surface area contributed by atoms with E-state index in [9.17, 15) is 9.59 Å². The topological polar surface area (TPSA) is 59.8 Å². The van der Waals surface area contributed by atoms with Gasteiger partial charge in [-0.3, -0.25) is 9.59 Å². The normalized spacial score (nSPS) is 10.7. The van der Waals surface area contributed by atoms with Gasteiger partial charge in [0, 0.05) is 17.5 Å². The van der Waals surface area contributed by atoms with Crippen LogP contribution in [-0.4, -0.2) is 36.5 Å². The van der Waals surface area contributed by atoms with Crippen molar-refractivity contribution < 1.29 is 18.7 Å². The van der Waals surface area contributed by atoms with Gasteiger partial charge in [0.15, 0.2) is 5.76 Å². The summed E-state index contributed by atoms with van der Waals surface area (Å²) in [6.45, 7) is 6.28. The average Bonchev–Trinajstić information content (AvgIpc) is 2.84. The number of nitrogens with zero attached hydrogens (tertiary/aromatic N) is 1. The van der Waals surface area contributed by atoms with Gasteiger partial charge >= 0.3 is 5.97 Å². The summed E-state index contributed by atoms with van der Waals surface area (Å²) in [5, 5.41) is 0.915. The Hall–Kier alpha value is -2.30. The molecule has 0 saturated heterocycles. The number of furan rings is 1. The van der Waals surface area contributed by atoms with E-state index >= 15 is 0 Å². The van der Waals surface area contributed by atoms with Crippen molar-refractivity contribution >= 4 is 22.8 Å². The summed E-state index contributed by atoms with van der Waals surface area (Å²) in [6.07, 6.45) is 0.754. The highest BCUT2D eigenvalue weighted by molar-refractivity contribution is 5.99. The molecule has 5 heteroatoms. The summed E-state index contributed by atoms with van der Waals surface area (Å²) >= 11 is 0. The highest BCUT2D eigenvalue weighted by atomic mass is 16.5. The second-order valence-electron chi connectivity index (χ2n) is 5.08. The van der Waals surface area contributed by atoms with Gasteiger partial charge in [0.05, 0.1) is 6.61 Å². The van der Waals surface area contributed by atoms with Crippen molar-refractivity contribution in [3.63, 3.8) is 0 Å². The van der Waals surface area contributed by atoms with Crippen LogP contribution < -0.4 is 0 Å². The van der Waals surface area contributed by atoms with Gasteiger partial charge in [0.2, 0.25) is 0 Å². The molecule has 0 aliphatic rings. The first kappa shape index (κ1) is 16.1. The van der Waals surface area contributed by atoms with E-state index < -0.39 is 5.97 Å². The summed E-state index contributed by atoms with van der Waals surface area (Å²) in [4.78, 5) is 25.8. The number of carbonyl (C=O) groups excluding carboxylic acids is 2. The van der Waals surface area contributed by atoms with E-state index in [1.165, 1.54) is 4.90 Å². The quantitative estimate of drug-likeness (QED) is 0.769. The van der Waals surface area contributed by atoms with E-state index in [-0.39, 0.29) is 12.5 Å². The molecule has 22 heavy (non-hydrogen) atoms. The van der Waals surface area contributed by atoms with Gasteiger partial charge in [0.1, 0.15) is 12.1 Å². The SMILES string of the molecule is CCCN(CC(=O)OCC)C(=O)c1oc2ccccc2c1C. The molecule has 0 atom stereocenters. The molecule has 2 aromatic rings. The van der Waals surface area contributed by atoms with E-state index in [0.29, 0.717) is 24.5 Å². The van der Waals surface area contributed by atoms with Crippen molar-refractivity contribution in [1.82, 2.24) is 4.90 Å². The van der Waals surface area contributed by atoms with Crippen molar-refractivity contribution in [2.75, 3.05) is 19.7 Å². The second-order valence-corrected chi connectivity index (χ2v) is 5.08. The first-order valence-electron chi connectivity index (χ1n) is 7.51. The number of hydrogen-bond donors (Lipinski definition) is 0. The van der Waals surface area contributed by atoms with E-state index in [1.54, 1.807) is 6.92 Å². The molecule has 0 spiro atoms. The summed E-state index contributed by atoms with van der Waals surface area (Å²) in [5.74, 6) is -0.388. The van der Waals surface area contributed by atoms with Crippen molar-refractivity contribution in [1.29, 1.82) is 0 Å². The standard InChI is InChI=1S/C17H21NO4/c1-4-10-18(11-15(19)21-5-2)17(20)16-12(3)13-8-6-7-9-14(13)22-16/h6-9H,4-5,10-11H2,1-3H3. The van der Waals surface area contributed by atoms with Crippen LogP contribution in [0.5, 0.6) is 0 Å². The minimum absolute atomic E-state index is 0.0585. The number of amides is 1. The Bertz CT molecular complexity index is 674. The molecule has 0 aliphatic carbocycles. The van der Waals surface area contributed by atoms with Crippen LogP contribution in [0.4, 0.5) is 0 Å². The van der Waals surface area contributed by atoms with Crippen LogP contribution in [0.15, 0.2) is 28.7 Å². The zero-order chi connectivity index (χ0) is 16.1. The molecule has 1 amide bonds. The molecule has 0 unspecified atom stereocenters. The Morgan fingerprint density at radius 1 is 1.23 bits per heavy atom. The Kier molecular flexibility index (Phi) is 5.20. The maximum atomic E-state index is 12.7. The fraction of sp³-hybridized carbons (Fsp3) is 0.412. The van der Waals surface area contributed by atoms with Gasteiger partial charge in [-0.2, -0.15) is 0 Å². The summed E-state index contributed by atoms with van der Waals surface area (Å²) in [6, 6.07) is 7.51. The molecular weight excluding hydrogens is 282 g/mol. The zero-order valence-corrected chi connectivity index (χ0v) is 13.2. The van der Waals surface area contributed by atoms with E-state index in [0.717, 1.165) is 17.4 Å².